The van der Waals surface area contributed by atoms with Crippen LogP contribution in [0, 0.1) is 0 Å². The van der Waals surface area contributed by atoms with Gasteiger partial charge in [0.2, 0.25) is 5.91 Å². The van der Waals surface area contributed by atoms with E-state index in [1.807, 2.05) is 24.3 Å². The fraction of sp³-hybridized carbons (Fsp3) is 0.240. The van der Waals surface area contributed by atoms with Gasteiger partial charge < -0.3 is 14.8 Å². The number of nitrogens with one attached hydrogen (secondary N) is 1. The molecule has 0 spiro atoms. The van der Waals surface area contributed by atoms with E-state index in [4.69, 9.17) is 9.47 Å². The Hall–Kier alpha value is -3.52. The first-order valence-corrected chi connectivity index (χ1v) is 12.0. The Bertz CT molecular complexity index is 1150. The monoisotopic (exact) mass is 468 g/mol. The summed E-state index contributed by atoms with van der Waals surface area (Å²) in [6.07, 6.45) is 1.50. The average Bonchev–Trinajstić information content (AvgIpc) is 2.86. The molecule has 7 nitrogen and oxygen atoms in total. The van der Waals surface area contributed by atoms with Crippen molar-refractivity contribution in [3.63, 3.8) is 0 Å². The maximum atomic E-state index is 13.4. The molecule has 0 saturated heterocycles. The number of carbonyl (C=O) groups is 1. The quantitative estimate of drug-likeness (QED) is 0.434. The summed E-state index contributed by atoms with van der Waals surface area (Å²) in [4.78, 5) is 12.8. The van der Waals surface area contributed by atoms with Gasteiger partial charge in [0.25, 0.3) is 10.0 Å². The lowest BCUT2D eigenvalue weighted by atomic mass is 10.1. The molecular weight excluding hydrogens is 440 g/mol. The summed E-state index contributed by atoms with van der Waals surface area (Å²) in [7, 11) is -0.896. The molecular formula is C25H28N2O5S. The lowest BCUT2D eigenvalue weighted by molar-refractivity contribution is -0.119. The minimum atomic E-state index is -3.98. The fourth-order valence-corrected chi connectivity index (χ4v) is 4.81. The smallest absolute Gasteiger partial charge is 0.264 e. The first kappa shape index (κ1) is 24.1. The number of hydrogen-bond acceptors (Lipinski definition) is 5. The molecule has 0 unspecified atom stereocenters. The van der Waals surface area contributed by atoms with Crippen LogP contribution in [-0.4, -0.2) is 41.6 Å². The highest BCUT2D eigenvalue weighted by Gasteiger charge is 2.29. The van der Waals surface area contributed by atoms with Gasteiger partial charge in [-0.25, -0.2) is 8.42 Å². The molecule has 3 aromatic carbocycles. The summed E-state index contributed by atoms with van der Waals surface area (Å²) in [6.45, 7) is 0.0656. The molecule has 0 heterocycles. The van der Waals surface area contributed by atoms with E-state index in [0.29, 0.717) is 18.0 Å². The number of anilines is 1. The average molecular weight is 469 g/mol. The maximum Gasteiger partial charge on any atom is 0.264 e. The Morgan fingerprint density at radius 3 is 2.21 bits per heavy atom. The zero-order valence-electron chi connectivity index (χ0n) is 18.7. The summed E-state index contributed by atoms with van der Waals surface area (Å²) in [5, 5.41) is 2.83. The van der Waals surface area contributed by atoms with Crippen LogP contribution >= 0.6 is 0 Å². The van der Waals surface area contributed by atoms with E-state index in [9.17, 15) is 13.2 Å². The van der Waals surface area contributed by atoms with E-state index in [1.54, 1.807) is 49.6 Å². The molecule has 33 heavy (non-hydrogen) atoms. The lowest BCUT2D eigenvalue weighted by Gasteiger charge is -2.25. The number of benzene rings is 3. The number of aryl methyl sites for hydroxylation is 1. The third kappa shape index (κ3) is 6.26. The largest absolute Gasteiger partial charge is 0.497 e. The summed E-state index contributed by atoms with van der Waals surface area (Å²) < 4.78 is 38.4. The summed E-state index contributed by atoms with van der Waals surface area (Å²) in [5.41, 5.74) is 1.43. The van der Waals surface area contributed by atoms with Crippen molar-refractivity contribution in [1.29, 1.82) is 0 Å². The van der Waals surface area contributed by atoms with Crippen LogP contribution in [0.1, 0.15) is 12.0 Å². The van der Waals surface area contributed by atoms with Crippen molar-refractivity contribution in [1.82, 2.24) is 5.32 Å². The van der Waals surface area contributed by atoms with Crippen LogP contribution in [0.3, 0.4) is 0 Å². The Balaban J connectivity index is 1.70. The van der Waals surface area contributed by atoms with Gasteiger partial charge in [-0.05, 0) is 54.8 Å². The topological polar surface area (TPSA) is 84.9 Å². The van der Waals surface area contributed by atoms with Gasteiger partial charge in [0.05, 0.1) is 24.8 Å². The van der Waals surface area contributed by atoms with Crippen molar-refractivity contribution in [2.75, 3.05) is 31.6 Å². The third-order valence-corrected chi connectivity index (χ3v) is 6.87. The van der Waals surface area contributed by atoms with Crippen LogP contribution in [0.4, 0.5) is 5.69 Å². The molecule has 3 aromatic rings. The molecule has 1 N–H and O–H groups in total. The fourth-order valence-electron chi connectivity index (χ4n) is 3.35. The van der Waals surface area contributed by atoms with E-state index >= 15 is 0 Å². The van der Waals surface area contributed by atoms with Crippen LogP contribution in [0.5, 0.6) is 11.5 Å². The van der Waals surface area contributed by atoms with Gasteiger partial charge in [-0.15, -0.1) is 0 Å². The number of ether oxygens (including phenoxy) is 2. The number of amides is 1. The number of methoxy groups -OCH3 is 2. The molecule has 174 valence electrons. The van der Waals surface area contributed by atoms with Gasteiger partial charge in [0.1, 0.15) is 18.0 Å². The second kappa shape index (κ2) is 11.4. The Morgan fingerprint density at radius 1 is 0.879 bits per heavy atom. The zero-order valence-corrected chi connectivity index (χ0v) is 19.5. The Labute approximate surface area is 195 Å². The van der Waals surface area contributed by atoms with Crippen LogP contribution < -0.4 is 19.1 Å². The Kier molecular flexibility index (Phi) is 8.32. The van der Waals surface area contributed by atoms with Gasteiger partial charge >= 0.3 is 0 Å². The second-order valence-corrected chi connectivity index (χ2v) is 9.16. The van der Waals surface area contributed by atoms with Crippen molar-refractivity contribution in [2.24, 2.45) is 0 Å². The molecule has 1 amide bonds. The van der Waals surface area contributed by atoms with Crippen molar-refractivity contribution in [2.45, 2.75) is 17.7 Å². The predicted octanol–water partition coefficient (Wildman–Crippen LogP) is 3.65. The van der Waals surface area contributed by atoms with Gasteiger partial charge in [0, 0.05) is 6.54 Å². The van der Waals surface area contributed by atoms with Crippen LogP contribution in [0.25, 0.3) is 0 Å². The SMILES string of the molecule is COc1ccc(CCCNC(=O)CN(c2ccccc2OC)S(=O)(=O)c2ccccc2)cc1. The number of para-hydroxylation sites is 2. The molecule has 0 fully saturated rings. The second-order valence-electron chi connectivity index (χ2n) is 7.30. The third-order valence-electron chi connectivity index (χ3n) is 5.10. The van der Waals surface area contributed by atoms with E-state index in [2.05, 4.69) is 5.32 Å². The molecule has 0 atom stereocenters. The highest BCUT2D eigenvalue weighted by atomic mass is 32.2. The van der Waals surface area contributed by atoms with E-state index in [-0.39, 0.29) is 11.4 Å². The number of sulfonamides is 1. The van der Waals surface area contributed by atoms with Crippen molar-refractivity contribution < 1.29 is 22.7 Å². The van der Waals surface area contributed by atoms with Crippen LogP contribution in [0.2, 0.25) is 0 Å². The van der Waals surface area contributed by atoms with Gasteiger partial charge in [-0.3, -0.25) is 9.10 Å². The molecule has 0 aliphatic rings. The molecule has 0 bridgehead atoms. The van der Waals surface area contributed by atoms with Crippen LogP contribution in [0.15, 0.2) is 83.8 Å². The predicted molar refractivity (Wildman–Crippen MR) is 128 cm³/mol. The minimum Gasteiger partial charge on any atom is -0.497 e. The number of hydrogen-bond donors (Lipinski definition) is 1. The van der Waals surface area contributed by atoms with Crippen molar-refractivity contribution in [3.8, 4) is 11.5 Å². The zero-order chi connectivity index (χ0) is 23.7. The first-order chi connectivity index (χ1) is 16.0. The molecule has 0 aromatic heterocycles. The van der Waals surface area contributed by atoms with Gasteiger partial charge in [0.15, 0.2) is 0 Å². The number of nitrogens with zero attached hydrogens (tertiary/aromatic N) is 1. The van der Waals surface area contributed by atoms with Gasteiger partial charge in [-0.2, -0.15) is 0 Å². The molecule has 0 aliphatic heterocycles. The number of carbonyl (C=O) groups excluding carboxylic acids is 1. The molecule has 8 heteroatoms. The van der Waals surface area contributed by atoms with Crippen molar-refractivity contribution in [3.05, 3.63) is 84.4 Å². The van der Waals surface area contributed by atoms with E-state index < -0.39 is 15.9 Å². The Morgan fingerprint density at radius 2 is 1.55 bits per heavy atom. The summed E-state index contributed by atoms with van der Waals surface area (Å²) in [5.74, 6) is 0.766. The highest BCUT2D eigenvalue weighted by Crippen LogP contribution is 2.32. The standard InChI is InChI=1S/C25H28N2O5S/c1-31-21-16-14-20(15-17-21)9-8-18-26-25(28)19-27(23-12-6-7-13-24(23)32-2)33(29,30)22-10-4-3-5-11-22/h3-7,10-17H,8-9,18-19H2,1-2H3,(H,26,28). The normalized spacial score (nSPS) is 11.0. The highest BCUT2D eigenvalue weighted by molar-refractivity contribution is 7.92. The lowest BCUT2D eigenvalue weighted by Crippen LogP contribution is -2.41. The molecule has 3 rings (SSSR count). The van der Waals surface area contributed by atoms with Gasteiger partial charge in [-0.1, -0.05) is 42.5 Å². The van der Waals surface area contributed by atoms with E-state index in [1.165, 1.54) is 19.2 Å². The summed E-state index contributed by atoms with van der Waals surface area (Å²) >= 11 is 0. The van der Waals surface area contributed by atoms with E-state index in [0.717, 1.165) is 28.5 Å². The maximum absolute atomic E-state index is 13.4. The summed E-state index contributed by atoms with van der Waals surface area (Å²) in [6, 6.07) is 22.5. The molecule has 0 saturated carbocycles. The molecule has 0 aliphatic carbocycles. The molecule has 0 radical (unpaired) electrons. The minimum absolute atomic E-state index is 0.100. The van der Waals surface area contributed by atoms with Crippen molar-refractivity contribution >= 4 is 21.6 Å². The first-order valence-electron chi connectivity index (χ1n) is 10.6. The van der Waals surface area contributed by atoms with Crippen LogP contribution in [-0.2, 0) is 21.2 Å². The number of rotatable bonds is 11.